The highest BCUT2D eigenvalue weighted by Gasteiger charge is 2.51. The molecule has 2 saturated heterocycles. The number of carboxylic acid groups (broad SMARTS) is 1. The summed E-state index contributed by atoms with van der Waals surface area (Å²) in [6.07, 6.45) is 2.36. The van der Waals surface area contributed by atoms with Crippen LogP contribution in [0.3, 0.4) is 0 Å². The van der Waals surface area contributed by atoms with E-state index in [0.717, 1.165) is 32.5 Å². The molecule has 0 radical (unpaired) electrons. The summed E-state index contributed by atoms with van der Waals surface area (Å²) in [6, 6.07) is -0.0310. The van der Waals surface area contributed by atoms with E-state index in [-0.39, 0.29) is 30.1 Å². The van der Waals surface area contributed by atoms with E-state index in [4.69, 9.17) is 0 Å². The van der Waals surface area contributed by atoms with E-state index in [0.29, 0.717) is 6.42 Å². The van der Waals surface area contributed by atoms with Crippen molar-refractivity contribution in [3.8, 4) is 0 Å². The Hall–Kier alpha value is -1.30. The highest BCUT2D eigenvalue weighted by molar-refractivity contribution is 5.79. The summed E-state index contributed by atoms with van der Waals surface area (Å²) in [5.41, 5.74) is 0. The molecule has 0 spiro atoms. The maximum absolute atomic E-state index is 12.4. The van der Waals surface area contributed by atoms with Crippen LogP contribution in [0.5, 0.6) is 0 Å². The van der Waals surface area contributed by atoms with Gasteiger partial charge < -0.3 is 20.2 Å². The number of nitrogens with one attached hydrogen (secondary N) is 1. The standard InChI is InChI=1S/C15H27N3O3/c1-4-17(5-2)9-10(3)16-15(21)18-11-6-7-13(18)12(8-11)14(19)20/h10-13H,4-9H2,1-3H3,(H,16,21)(H,19,20). The molecule has 2 aliphatic rings. The van der Waals surface area contributed by atoms with Crippen molar-refractivity contribution in [3.05, 3.63) is 0 Å². The predicted octanol–water partition coefficient (Wildman–Crippen LogP) is 1.36. The largest absolute Gasteiger partial charge is 0.481 e. The number of carbonyl (C=O) groups is 2. The summed E-state index contributed by atoms with van der Waals surface area (Å²) in [5, 5.41) is 12.3. The van der Waals surface area contributed by atoms with Crippen LogP contribution in [-0.4, -0.2) is 64.7 Å². The second kappa shape index (κ2) is 6.64. The molecule has 2 amide bonds. The SMILES string of the molecule is CCN(CC)CC(C)NC(=O)N1C2CCC1C(C(=O)O)C2. The zero-order valence-electron chi connectivity index (χ0n) is 13.2. The van der Waals surface area contributed by atoms with Crippen LogP contribution in [0.2, 0.25) is 0 Å². The van der Waals surface area contributed by atoms with Gasteiger partial charge in [-0.3, -0.25) is 4.79 Å². The summed E-state index contributed by atoms with van der Waals surface area (Å²) >= 11 is 0. The molecule has 0 aromatic carbocycles. The molecule has 2 rings (SSSR count). The van der Waals surface area contributed by atoms with E-state index < -0.39 is 5.97 Å². The van der Waals surface area contributed by atoms with E-state index in [9.17, 15) is 14.7 Å². The highest BCUT2D eigenvalue weighted by Crippen LogP contribution is 2.41. The summed E-state index contributed by atoms with van der Waals surface area (Å²) in [4.78, 5) is 27.7. The molecule has 2 fully saturated rings. The normalized spacial score (nSPS) is 29.0. The topological polar surface area (TPSA) is 72.9 Å². The number of fused-ring (bicyclic) bond motifs is 2. The molecule has 0 saturated carbocycles. The number of urea groups is 1. The third kappa shape index (κ3) is 3.31. The van der Waals surface area contributed by atoms with Crippen molar-refractivity contribution in [2.75, 3.05) is 19.6 Å². The van der Waals surface area contributed by atoms with Gasteiger partial charge in [0.05, 0.1) is 5.92 Å². The number of nitrogens with zero attached hydrogens (tertiary/aromatic N) is 2. The van der Waals surface area contributed by atoms with Crippen LogP contribution >= 0.6 is 0 Å². The Morgan fingerprint density at radius 1 is 1.33 bits per heavy atom. The molecule has 2 aliphatic heterocycles. The molecular weight excluding hydrogens is 270 g/mol. The van der Waals surface area contributed by atoms with Crippen molar-refractivity contribution in [3.63, 3.8) is 0 Å². The molecule has 6 heteroatoms. The average Bonchev–Trinajstić information content (AvgIpc) is 3.02. The molecule has 2 heterocycles. The van der Waals surface area contributed by atoms with Crippen LogP contribution in [0.25, 0.3) is 0 Å². The first-order valence-corrected chi connectivity index (χ1v) is 8.01. The second-order valence-corrected chi connectivity index (χ2v) is 6.22. The minimum atomic E-state index is -0.767. The lowest BCUT2D eigenvalue weighted by Crippen LogP contribution is -2.50. The fraction of sp³-hybridized carbons (Fsp3) is 0.867. The number of rotatable bonds is 6. The summed E-state index contributed by atoms with van der Waals surface area (Å²) in [7, 11) is 0. The van der Waals surface area contributed by atoms with Crippen LogP contribution in [0.4, 0.5) is 4.79 Å². The number of carboxylic acids is 1. The zero-order chi connectivity index (χ0) is 15.6. The fourth-order valence-electron chi connectivity index (χ4n) is 3.77. The van der Waals surface area contributed by atoms with E-state index in [1.165, 1.54) is 0 Å². The van der Waals surface area contributed by atoms with Crippen molar-refractivity contribution < 1.29 is 14.7 Å². The van der Waals surface area contributed by atoms with Crippen LogP contribution in [0, 0.1) is 5.92 Å². The molecule has 120 valence electrons. The molecule has 2 bridgehead atoms. The Labute approximate surface area is 126 Å². The van der Waals surface area contributed by atoms with E-state index in [1.807, 2.05) is 6.92 Å². The molecule has 6 nitrogen and oxygen atoms in total. The molecule has 4 unspecified atom stereocenters. The number of likely N-dealkylation sites (N-methyl/N-ethyl adjacent to an activating group) is 1. The van der Waals surface area contributed by atoms with Gasteiger partial charge >= 0.3 is 12.0 Å². The monoisotopic (exact) mass is 297 g/mol. The molecule has 4 atom stereocenters. The van der Waals surface area contributed by atoms with Crippen LogP contribution in [0.15, 0.2) is 0 Å². The molecule has 21 heavy (non-hydrogen) atoms. The van der Waals surface area contributed by atoms with Crippen LogP contribution in [0.1, 0.15) is 40.0 Å². The quantitative estimate of drug-likeness (QED) is 0.776. The van der Waals surface area contributed by atoms with Crippen molar-refractivity contribution in [2.45, 2.75) is 58.2 Å². The third-order valence-electron chi connectivity index (χ3n) is 4.88. The lowest BCUT2D eigenvalue weighted by Gasteiger charge is -2.28. The first kappa shape index (κ1) is 16.1. The maximum atomic E-state index is 12.4. The van der Waals surface area contributed by atoms with Crippen LogP contribution in [-0.2, 0) is 4.79 Å². The minimum Gasteiger partial charge on any atom is -0.481 e. The lowest BCUT2D eigenvalue weighted by molar-refractivity contribution is -0.142. The van der Waals surface area contributed by atoms with Crippen LogP contribution < -0.4 is 5.32 Å². The molecule has 0 aliphatic carbocycles. The minimum absolute atomic E-state index is 0.0701. The van der Waals surface area contributed by atoms with E-state index in [1.54, 1.807) is 4.90 Å². The van der Waals surface area contributed by atoms with Gasteiger partial charge in [-0.2, -0.15) is 0 Å². The smallest absolute Gasteiger partial charge is 0.318 e. The number of hydrogen-bond acceptors (Lipinski definition) is 3. The van der Waals surface area contributed by atoms with Gasteiger partial charge in [-0.25, -0.2) is 4.79 Å². The van der Waals surface area contributed by atoms with Crippen molar-refractivity contribution in [1.29, 1.82) is 0 Å². The van der Waals surface area contributed by atoms with Crippen molar-refractivity contribution in [2.24, 2.45) is 5.92 Å². The summed E-state index contributed by atoms with van der Waals surface area (Å²) in [5.74, 6) is -1.15. The number of aliphatic carboxylic acids is 1. The van der Waals surface area contributed by atoms with Gasteiger partial charge in [0.25, 0.3) is 0 Å². The Bertz CT molecular complexity index is 398. The summed E-state index contributed by atoms with van der Waals surface area (Å²) in [6.45, 7) is 8.97. The Kier molecular flexibility index (Phi) is 5.08. The van der Waals surface area contributed by atoms with Gasteiger partial charge in [-0.1, -0.05) is 13.8 Å². The molecule has 0 aromatic rings. The van der Waals surface area contributed by atoms with Gasteiger partial charge in [0.1, 0.15) is 0 Å². The molecule has 2 N–H and O–H groups in total. The average molecular weight is 297 g/mol. The Morgan fingerprint density at radius 2 is 2.00 bits per heavy atom. The first-order chi connectivity index (χ1) is 9.97. The Balaban J connectivity index is 1.91. The second-order valence-electron chi connectivity index (χ2n) is 6.22. The predicted molar refractivity (Wildman–Crippen MR) is 80.2 cm³/mol. The highest BCUT2D eigenvalue weighted by atomic mass is 16.4. The zero-order valence-corrected chi connectivity index (χ0v) is 13.2. The van der Waals surface area contributed by atoms with Gasteiger partial charge in [-0.05, 0) is 39.3 Å². The van der Waals surface area contributed by atoms with E-state index in [2.05, 4.69) is 24.1 Å². The number of amides is 2. The third-order valence-corrected chi connectivity index (χ3v) is 4.88. The number of carbonyl (C=O) groups excluding carboxylic acids is 1. The van der Waals surface area contributed by atoms with Gasteiger partial charge in [0.15, 0.2) is 0 Å². The van der Waals surface area contributed by atoms with Gasteiger partial charge in [-0.15, -0.1) is 0 Å². The first-order valence-electron chi connectivity index (χ1n) is 8.01. The maximum Gasteiger partial charge on any atom is 0.318 e. The van der Waals surface area contributed by atoms with Gasteiger partial charge in [0.2, 0.25) is 0 Å². The Morgan fingerprint density at radius 3 is 2.52 bits per heavy atom. The lowest BCUT2D eigenvalue weighted by atomic mass is 9.89. The van der Waals surface area contributed by atoms with Crippen molar-refractivity contribution in [1.82, 2.24) is 15.1 Å². The molecule has 0 aromatic heterocycles. The molecular formula is C15H27N3O3. The fourth-order valence-corrected chi connectivity index (χ4v) is 3.77. The number of hydrogen-bond donors (Lipinski definition) is 2. The van der Waals surface area contributed by atoms with Crippen molar-refractivity contribution >= 4 is 12.0 Å². The van der Waals surface area contributed by atoms with Gasteiger partial charge in [0, 0.05) is 24.7 Å². The summed E-state index contributed by atoms with van der Waals surface area (Å²) < 4.78 is 0. The van der Waals surface area contributed by atoms with E-state index >= 15 is 0 Å².